The Labute approximate surface area is 134 Å². The van der Waals surface area contributed by atoms with Crippen LogP contribution in [0, 0.1) is 12.7 Å². The van der Waals surface area contributed by atoms with Gasteiger partial charge in [0.25, 0.3) is 0 Å². The largest absolute Gasteiger partial charge is 0.416 e. The Hall–Kier alpha value is -2.90. The van der Waals surface area contributed by atoms with Crippen molar-refractivity contribution in [3.05, 3.63) is 47.3 Å². The quantitative estimate of drug-likeness (QED) is 0.660. The number of alkyl halides is 3. The van der Waals surface area contributed by atoms with Gasteiger partial charge >= 0.3 is 6.18 Å². The van der Waals surface area contributed by atoms with Gasteiger partial charge in [-0.2, -0.15) is 18.2 Å². The average Bonchev–Trinajstić information content (AvgIpc) is 2.45. The van der Waals surface area contributed by atoms with E-state index < -0.39 is 17.6 Å². The van der Waals surface area contributed by atoms with Crippen LogP contribution < -0.4 is 11.5 Å². The summed E-state index contributed by atoms with van der Waals surface area (Å²) in [6.07, 6.45) is -4.64. The molecule has 4 nitrogen and oxygen atoms in total. The molecule has 0 saturated heterocycles. The maximum Gasteiger partial charge on any atom is 0.416 e. The van der Waals surface area contributed by atoms with Crippen molar-refractivity contribution in [2.45, 2.75) is 13.1 Å². The van der Waals surface area contributed by atoms with Crippen LogP contribution in [0.1, 0.15) is 11.1 Å². The number of aryl methyl sites for hydroxylation is 1. The second-order valence-corrected chi connectivity index (χ2v) is 5.33. The summed E-state index contributed by atoms with van der Waals surface area (Å²) in [7, 11) is 0. The van der Waals surface area contributed by atoms with Crippen molar-refractivity contribution in [1.29, 1.82) is 0 Å². The van der Waals surface area contributed by atoms with Gasteiger partial charge in [-0.25, -0.2) is 9.37 Å². The zero-order chi connectivity index (χ0) is 17.6. The average molecular weight is 336 g/mol. The van der Waals surface area contributed by atoms with Gasteiger partial charge in [-0.1, -0.05) is 6.07 Å². The summed E-state index contributed by atoms with van der Waals surface area (Å²) >= 11 is 0. The number of nitrogens with zero attached hydrogens (tertiary/aromatic N) is 2. The van der Waals surface area contributed by atoms with Crippen molar-refractivity contribution < 1.29 is 17.6 Å². The van der Waals surface area contributed by atoms with Gasteiger partial charge in [0, 0.05) is 5.39 Å². The van der Waals surface area contributed by atoms with Gasteiger partial charge in [-0.3, -0.25) is 0 Å². The van der Waals surface area contributed by atoms with E-state index in [0.717, 1.165) is 12.1 Å². The molecule has 0 radical (unpaired) electrons. The van der Waals surface area contributed by atoms with E-state index in [-0.39, 0.29) is 17.3 Å². The molecule has 0 bridgehead atoms. The molecule has 1 heterocycles. The second-order valence-electron chi connectivity index (χ2n) is 5.33. The molecule has 0 amide bonds. The van der Waals surface area contributed by atoms with Crippen molar-refractivity contribution in [3.63, 3.8) is 0 Å². The highest BCUT2D eigenvalue weighted by molar-refractivity contribution is 5.96. The lowest BCUT2D eigenvalue weighted by Crippen LogP contribution is -2.06. The highest BCUT2D eigenvalue weighted by Gasteiger charge is 2.31. The highest BCUT2D eigenvalue weighted by atomic mass is 19.4. The Bertz CT molecular complexity index is 951. The molecular weight excluding hydrogens is 324 g/mol. The number of rotatable bonds is 1. The molecule has 0 atom stereocenters. The van der Waals surface area contributed by atoms with Crippen LogP contribution in [0.5, 0.6) is 0 Å². The molecule has 3 rings (SSSR count). The maximum absolute atomic E-state index is 13.7. The number of nitrogens with two attached hydrogens (primary N) is 2. The molecule has 0 saturated carbocycles. The van der Waals surface area contributed by atoms with Gasteiger partial charge in [0.05, 0.1) is 11.1 Å². The molecule has 3 aromatic rings. The Morgan fingerprint density at radius 3 is 2.38 bits per heavy atom. The minimum absolute atomic E-state index is 0.00253. The minimum atomic E-state index is -4.64. The van der Waals surface area contributed by atoms with Crippen LogP contribution in [0.15, 0.2) is 30.3 Å². The lowest BCUT2D eigenvalue weighted by Gasteiger charge is -2.13. The Kier molecular flexibility index (Phi) is 3.55. The summed E-state index contributed by atoms with van der Waals surface area (Å²) in [6.45, 7) is 1.66. The summed E-state index contributed by atoms with van der Waals surface area (Å²) in [5, 5.41) is 0.472. The van der Waals surface area contributed by atoms with Crippen LogP contribution in [-0.2, 0) is 6.18 Å². The van der Waals surface area contributed by atoms with Crippen molar-refractivity contribution in [2.75, 3.05) is 11.5 Å². The normalized spacial score (nSPS) is 11.9. The first-order chi connectivity index (χ1) is 11.2. The van der Waals surface area contributed by atoms with E-state index in [0.29, 0.717) is 28.1 Å². The van der Waals surface area contributed by atoms with Crippen LogP contribution in [-0.4, -0.2) is 9.97 Å². The summed E-state index contributed by atoms with van der Waals surface area (Å²) in [6, 6.07) is 5.50. The first-order valence-electron chi connectivity index (χ1n) is 6.87. The molecule has 4 N–H and O–H groups in total. The maximum atomic E-state index is 13.7. The molecule has 0 aliphatic rings. The molecular formula is C16H12F4N4. The fourth-order valence-electron chi connectivity index (χ4n) is 2.66. The molecule has 124 valence electrons. The molecule has 8 heteroatoms. The van der Waals surface area contributed by atoms with Gasteiger partial charge < -0.3 is 11.5 Å². The lowest BCUT2D eigenvalue weighted by atomic mass is 9.95. The zero-order valence-electron chi connectivity index (χ0n) is 12.4. The first kappa shape index (κ1) is 16.0. The summed E-state index contributed by atoms with van der Waals surface area (Å²) in [4.78, 5) is 7.90. The van der Waals surface area contributed by atoms with Crippen molar-refractivity contribution in [3.8, 4) is 11.1 Å². The Morgan fingerprint density at radius 1 is 1.00 bits per heavy atom. The predicted molar refractivity (Wildman–Crippen MR) is 83.5 cm³/mol. The van der Waals surface area contributed by atoms with Gasteiger partial charge in [-0.15, -0.1) is 0 Å². The van der Waals surface area contributed by atoms with Gasteiger partial charge in [0.15, 0.2) is 0 Å². The van der Waals surface area contributed by atoms with Crippen LogP contribution in [0.25, 0.3) is 22.0 Å². The van der Waals surface area contributed by atoms with E-state index in [9.17, 15) is 17.6 Å². The number of nitrogen functional groups attached to an aromatic ring is 2. The van der Waals surface area contributed by atoms with Crippen molar-refractivity contribution >= 4 is 22.7 Å². The van der Waals surface area contributed by atoms with Crippen LogP contribution in [0.2, 0.25) is 0 Å². The monoisotopic (exact) mass is 336 g/mol. The SMILES string of the molecule is Cc1c(-c2cc(F)cc(C(F)(F)F)c2)ccc2nc(N)nc(N)c12. The lowest BCUT2D eigenvalue weighted by molar-refractivity contribution is -0.137. The fraction of sp³-hybridized carbons (Fsp3) is 0.125. The molecule has 2 aromatic carbocycles. The number of hydrogen-bond donors (Lipinski definition) is 2. The zero-order valence-corrected chi connectivity index (χ0v) is 12.4. The Morgan fingerprint density at radius 2 is 1.71 bits per heavy atom. The predicted octanol–water partition coefficient (Wildman–Crippen LogP) is 3.93. The van der Waals surface area contributed by atoms with Gasteiger partial charge in [0.1, 0.15) is 11.6 Å². The van der Waals surface area contributed by atoms with Gasteiger partial charge in [0.2, 0.25) is 5.95 Å². The van der Waals surface area contributed by atoms with E-state index in [1.807, 2.05) is 0 Å². The molecule has 0 unspecified atom stereocenters. The van der Waals surface area contributed by atoms with E-state index in [1.165, 1.54) is 0 Å². The number of aromatic nitrogens is 2. The standard InChI is InChI=1S/C16H12F4N4/c1-7-11(2-3-12-13(7)14(21)24-15(22)23-12)8-4-9(16(18,19)20)6-10(17)5-8/h2-6H,1H3,(H4,21,22,23,24). The summed E-state index contributed by atoms with van der Waals surface area (Å²) < 4.78 is 52.4. The summed E-state index contributed by atoms with van der Waals surface area (Å²) in [5.74, 6) is -0.859. The van der Waals surface area contributed by atoms with Crippen LogP contribution >= 0.6 is 0 Å². The molecule has 0 fully saturated rings. The number of anilines is 2. The molecule has 24 heavy (non-hydrogen) atoms. The molecule has 1 aromatic heterocycles. The number of benzene rings is 2. The number of halogens is 4. The van der Waals surface area contributed by atoms with Crippen LogP contribution in [0.3, 0.4) is 0 Å². The third kappa shape index (κ3) is 2.70. The molecule has 0 aliphatic heterocycles. The van der Waals surface area contributed by atoms with E-state index in [4.69, 9.17) is 11.5 Å². The van der Waals surface area contributed by atoms with E-state index in [2.05, 4.69) is 9.97 Å². The number of hydrogen-bond acceptors (Lipinski definition) is 4. The second kappa shape index (κ2) is 5.33. The summed E-state index contributed by atoms with van der Waals surface area (Å²) in [5.41, 5.74) is 11.8. The molecule has 0 spiro atoms. The first-order valence-corrected chi connectivity index (χ1v) is 6.87. The Balaban J connectivity index is 2.28. The van der Waals surface area contributed by atoms with Crippen molar-refractivity contribution in [1.82, 2.24) is 9.97 Å². The third-order valence-electron chi connectivity index (χ3n) is 3.71. The van der Waals surface area contributed by atoms with E-state index in [1.54, 1.807) is 19.1 Å². The molecule has 0 aliphatic carbocycles. The topological polar surface area (TPSA) is 77.8 Å². The van der Waals surface area contributed by atoms with Crippen molar-refractivity contribution in [2.24, 2.45) is 0 Å². The number of fused-ring (bicyclic) bond motifs is 1. The minimum Gasteiger partial charge on any atom is -0.383 e. The van der Waals surface area contributed by atoms with Crippen LogP contribution in [0.4, 0.5) is 29.3 Å². The fourth-order valence-corrected chi connectivity index (χ4v) is 2.66. The van der Waals surface area contributed by atoms with E-state index >= 15 is 0 Å². The third-order valence-corrected chi connectivity index (χ3v) is 3.71. The smallest absolute Gasteiger partial charge is 0.383 e. The van der Waals surface area contributed by atoms with Gasteiger partial charge in [-0.05, 0) is 47.9 Å². The highest BCUT2D eigenvalue weighted by Crippen LogP contribution is 2.36.